The second-order valence-corrected chi connectivity index (χ2v) is 4.44. The topological polar surface area (TPSA) is 42.4 Å². The van der Waals surface area contributed by atoms with Gasteiger partial charge in [-0.15, -0.1) is 0 Å². The van der Waals surface area contributed by atoms with Crippen LogP contribution in [0.1, 0.15) is 24.3 Å². The fraction of sp³-hybridized carbons (Fsp3) is 0.333. The summed E-state index contributed by atoms with van der Waals surface area (Å²) in [6, 6.07) is 14.6. The van der Waals surface area contributed by atoms with Gasteiger partial charge in [0.15, 0.2) is 0 Å². The van der Waals surface area contributed by atoms with Crippen molar-refractivity contribution in [3.63, 3.8) is 0 Å². The van der Waals surface area contributed by atoms with Crippen LogP contribution in [0.3, 0.4) is 0 Å². The quantitative estimate of drug-likeness (QED) is 0.849. The molecule has 0 aliphatic rings. The first kappa shape index (κ1) is 12.9. The molecule has 1 aromatic carbocycles. The first-order valence-corrected chi connectivity index (χ1v) is 6.32. The highest BCUT2D eigenvalue weighted by molar-refractivity contribution is 5.15. The van der Waals surface area contributed by atoms with Crippen LogP contribution in [0.15, 0.2) is 53.1 Å². The van der Waals surface area contributed by atoms with Crippen LogP contribution in [0, 0.1) is 0 Å². The molecule has 1 heterocycles. The van der Waals surface area contributed by atoms with Crippen molar-refractivity contribution in [1.29, 1.82) is 0 Å². The zero-order valence-corrected chi connectivity index (χ0v) is 10.8. The Labute approximate surface area is 108 Å². The fourth-order valence-electron chi connectivity index (χ4n) is 2.10. The van der Waals surface area contributed by atoms with E-state index in [-0.39, 0.29) is 6.04 Å². The number of benzene rings is 1. The minimum Gasteiger partial charge on any atom is -0.468 e. The van der Waals surface area contributed by atoms with Crippen LogP contribution in [0.5, 0.6) is 0 Å². The molecule has 3 nitrogen and oxygen atoms in total. The van der Waals surface area contributed by atoms with Gasteiger partial charge < -0.3 is 10.2 Å². The van der Waals surface area contributed by atoms with Gasteiger partial charge in [-0.1, -0.05) is 30.3 Å². The number of hydrogen-bond acceptors (Lipinski definition) is 3. The Morgan fingerprint density at radius 2 is 1.94 bits per heavy atom. The predicted octanol–water partition coefficient (Wildman–Crippen LogP) is 2.80. The Balaban J connectivity index is 2.08. The van der Waals surface area contributed by atoms with Gasteiger partial charge in [0.2, 0.25) is 0 Å². The number of nitrogens with zero attached hydrogens (tertiary/aromatic N) is 1. The van der Waals surface area contributed by atoms with Gasteiger partial charge in [-0.05, 0) is 24.6 Å². The summed E-state index contributed by atoms with van der Waals surface area (Å²) in [4.78, 5) is 2.33. The molecule has 96 valence electrons. The number of nitrogens with two attached hydrogens (primary N) is 1. The van der Waals surface area contributed by atoms with Gasteiger partial charge in [-0.25, -0.2) is 0 Å². The molecule has 2 aromatic rings. The molecule has 1 atom stereocenters. The third-order valence-electron chi connectivity index (χ3n) is 3.15. The lowest BCUT2D eigenvalue weighted by Gasteiger charge is -2.27. The van der Waals surface area contributed by atoms with Crippen molar-refractivity contribution < 1.29 is 4.42 Å². The molecule has 0 fully saturated rings. The first-order valence-electron chi connectivity index (χ1n) is 6.32. The molecule has 1 unspecified atom stereocenters. The largest absolute Gasteiger partial charge is 0.468 e. The third kappa shape index (κ3) is 3.22. The van der Waals surface area contributed by atoms with E-state index in [2.05, 4.69) is 36.1 Å². The van der Waals surface area contributed by atoms with Gasteiger partial charge in [0, 0.05) is 19.6 Å². The maximum absolute atomic E-state index is 5.70. The second-order valence-electron chi connectivity index (χ2n) is 4.44. The van der Waals surface area contributed by atoms with Gasteiger partial charge in [-0.3, -0.25) is 4.90 Å². The van der Waals surface area contributed by atoms with Gasteiger partial charge in [0.05, 0.1) is 12.3 Å². The van der Waals surface area contributed by atoms with Gasteiger partial charge >= 0.3 is 0 Å². The van der Waals surface area contributed by atoms with Crippen molar-refractivity contribution in [3.05, 3.63) is 60.1 Å². The lowest BCUT2D eigenvalue weighted by atomic mass is 10.1. The molecule has 0 aliphatic heterocycles. The van der Waals surface area contributed by atoms with Gasteiger partial charge in [0.1, 0.15) is 5.76 Å². The zero-order chi connectivity index (χ0) is 12.8. The van der Waals surface area contributed by atoms with Gasteiger partial charge in [-0.2, -0.15) is 0 Å². The Hall–Kier alpha value is -1.58. The van der Waals surface area contributed by atoms with Crippen molar-refractivity contribution in [2.24, 2.45) is 5.73 Å². The highest BCUT2D eigenvalue weighted by Crippen LogP contribution is 2.22. The van der Waals surface area contributed by atoms with Crippen LogP contribution < -0.4 is 5.73 Å². The Morgan fingerprint density at radius 1 is 1.17 bits per heavy atom. The smallest absolute Gasteiger partial charge is 0.120 e. The Kier molecular flexibility index (Phi) is 4.56. The van der Waals surface area contributed by atoms with E-state index < -0.39 is 0 Å². The van der Waals surface area contributed by atoms with Crippen LogP contribution in [-0.2, 0) is 6.54 Å². The minimum atomic E-state index is 0.240. The lowest BCUT2D eigenvalue weighted by Crippen LogP contribution is -2.31. The zero-order valence-electron chi connectivity index (χ0n) is 10.8. The summed E-state index contributed by atoms with van der Waals surface area (Å²) in [7, 11) is 0. The summed E-state index contributed by atoms with van der Waals surface area (Å²) in [6.45, 7) is 4.55. The number of rotatable bonds is 6. The lowest BCUT2D eigenvalue weighted by molar-refractivity contribution is 0.184. The molecule has 0 spiro atoms. The van der Waals surface area contributed by atoms with Crippen LogP contribution >= 0.6 is 0 Å². The number of furan rings is 1. The Bertz CT molecular complexity index is 439. The average molecular weight is 244 g/mol. The molecule has 1 aromatic heterocycles. The predicted molar refractivity (Wildman–Crippen MR) is 73.0 cm³/mol. The van der Waals surface area contributed by atoms with Gasteiger partial charge in [0.25, 0.3) is 0 Å². The summed E-state index contributed by atoms with van der Waals surface area (Å²) in [5, 5.41) is 0. The van der Waals surface area contributed by atoms with Crippen molar-refractivity contribution in [1.82, 2.24) is 4.90 Å². The highest BCUT2D eigenvalue weighted by atomic mass is 16.3. The second kappa shape index (κ2) is 6.38. The van der Waals surface area contributed by atoms with Crippen LogP contribution in [0.25, 0.3) is 0 Å². The molecule has 2 rings (SSSR count). The van der Waals surface area contributed by atoms with Crippen LogP contribution in [-0.4, -0.2) is 18.0 Å². The molecule has 18 heavy (non-hydrogen) atoms. The van der Waals surface area contributed by atoms with Crippen LogP contribution in [0.2, 0.25) is 0 Å². The molecule has 2 N–H and O–H groups in total. The molecule has 0 saturated carbocycles. The van der Waals surface area contributed by atoms with Crippen LogP contribution in [0.4, 0.5) is 0 Å². The van der Waals surface area contributed by atoms with Crippen molar-refractivity contribution in [3.8, 4) is 0 Å². The number of hydrogen-bond donors (Lipinski definition) is 1. The SMILES string of the molecule is CC(c1ccco1)N(CCN)Cc1ccccc1. The summed E-state index contributed by atoms with van der Waals surface area (Å²) in [5.41, 5.74) is 7.00. The van der Waals surface area contributed by atoms with E-state index in [0.29, 0.717) is 6.54 Å². The summed E-state index contributed by atoms with van der Waals surface area (Å²) in [6.07, 6.45) is 1.72. The molecular weight excluding hydrogens is 224 g/mol. The van der Waals surface area contributed by atoms with E-state index in [1.165, 1.54) is 5.56 Å². The summed E-state index contributed by atoms with van der Waals surface area (Å²) in [5.74, 6) is 0.986. The van der Waals surface area contributed by atoms with E-state index >= 15 is 0 Å². The summed E-state index contributed by atoms with van der Waals surface area (Å²) >= 11 is 0. The van der Waals surface area contributed by atoms with Crippen molar-refractivity contribution in [2.45, 2.75) is 19.5 Å². The first-order chi connectivity index (χ1) is 8.81. The van der Waals surface area contributed by atoms with E-state index in [4.69, 9.17) is 10.2 Å². The van der Waals surface area contributed by atoms with Crippen molar-refractivity contribution in [2.75, 3.05) is 13.1 Å². The van der Waals surface area contributed by atoms with E-state index in [1.54, 1.807) is 6.26 Å². The summed E-state index contributed by atoms with van der Waals surface area (Å²) < 4.78 is 5.48. The van der Waals surface area contributed by atoms with E-state index in [0.717, 1.165) is 18.8 Å². The van der Waals surface area contributed by atoms with E-state index in [9.17, 15) is 0 Å². The maximum Gasteiger partial charge on any atom is 0.120 e. The monoisotopic (exact) mass is 244 g/mol. The molecule has 0 aliphatic carbocycles. The molecule has 0 bridgehead atoms. The molecule has 3 heteroatoms. The van der Waals surface area contributed by atoms with E-state index in [1.807, 2.05) is 18.2 Å². The minimum absolute atomic E-state index is 0.240. The highest BCUT2D eigenvalue weighted by Gasteiger charge is 2.17. The third-order valence-corrected chi connectivity index (χ3v) is 3.15. The van der Waals surface area contributed by atoms with Crippen molar-refractivity contribution >= 4 is 0 Å². The standard InChI is InChI=1S/C15H20N2O/c1-13(15-8-5-11-18-15)17(10-9-16)12-14-6-3-2-4-7-14/h2-8,11,13H,9-10,12,16H2,1H3. The maximum atomic E-state index is 5.70. The fourth-order valence-corrected chi connectivity index (χ4v) is 2.10. The average Bonchev–Trinajstić information content (AvgIpc) is 2.92. The normalized spacial score (nSPS) is 12.8. The molecule has 0 amide bonds. The molecular formula is C15H20N2O. The Morgan fingerprint density at radius 3 is 2.56 bits per heavy atom. The molecule has 0 radical (unpaired) electrons. The molecule has 0 saturated heterocycles.